The van der Waals surface area contributed by atoms with Crippen LogP contribution in [0.4, 0.5) is 10.1 Å². The smallest absolute Gasteiger partial charge is 0.244 e. The molecule has 0 bridgehead atoms. The van der Waals surface area contributed by atoms with Crippen molar-refractivity contribution in [3.63, 3.8) is 0 Å². The molecule has 208 valence electrons. The van der Waals surface area contributed by atoms with E-state index in [1.165, 1.54) is 17.0 Å². The summed E-state index contributed by atoms with van der Waals surface area (Å²) in [6.45, 7) is 5.50. The molecule has 39 heavy (non-hydrogen) atoms. The van der Waals surface area contributed by atoms with Gasteiger partial charge in [-0.1, -0.05) is 61.5 Å². The molecular formula is C30H36FN3O4S. The maximum Gasteiger partial charge on any atom is 0.244 e. The normalized spacial score (nSPS) is 12.0. The Bertz CT molecular complexity index is 1380. The number of nitrogens with one attached hydrogen (secondary N) is 1. The van der Waals surface area contributed by atoms with Crippen LogP contribution in [0.3, 0.4) is 0 Å². The molecule has 0 aliphatic heterocycles. The molecule has 0 aliphatic carbocycles. The fraction of sp³-hybridized carbons (Fsp3) is 0.333. The van der Waals surface area contributed by atoms with Gasteiger partial charge in [0.05, 0.1) is 11.9 Å². The molecule has 1 N–H and O–H groups in total. The van der Waals surface area contributed by atoms with Crippen molar-refractivity contribution in [1.29, 1.82) is 0 Å². The summed E-state index contributed by atoms with van der Waals surface area (Å²) in [7, 11) is -3.85. The van der Waals surface area contributed by atoms with Gasteiger partial charge in [-0.2, -0.15) is 0 Å². The van der Waals surface area contributed by atoms with E-state index in [0.717, 1.165) is 21.7 Å². The monoisotopic (exact) mass is 553 g/mol. The number of carbonyl (C=O) groups excluding carboxylic acids is 2. The quantitative estimate of drug-likeness (QED) is 0.361. The molecule has 0 radical (unpaired) electrons. The van der Waals surface area contributed by atoms with Gasteiger partial charge in [0.2, 0.25) is 21.8 Å². The van der Waals surface area contributed by atoms with Gasteiger partial charge in [0.1, 0.15) is 18.4 Å². The highest BCUT2D eigenvalue weighted by molar-refractivity contribution is 7.92. The predicted molar refractivity (Wildman–Crippen MR) is 152 cm³/mol. The number of amides is 2. The molecule has 0 aromatic heterocycles. The third kappa shape index (κ3) is 8.38. The van der Waals surface area contributed by atoms with Gasteiger partial charge in [0.15, 0.2) is 0 Å². The summed E-state index contributed by atoms with van der Waals surface area (Å²) in [6.07, 6.45) is 2.00. The second-order valence-electron chi connectivity index (χ2n) is 9.70. The Morgan fingerprint density at radius 2 is 1.62 bits per heavy atom. The lowest BCUT2D eigenvalue weighted by molar-refractivity contribution is -0.140. The van der Waals surface area contributed by atoms with Crippen LogP contribution in [-0.4, -0.2) is 50.5 Å². The molecule has 0 saturated carbocycles. The van der Waals surface area contributed by atoms with Crippen LogP contribution in [0, 0.1) is 19.7 Å². The minimum Gasteiger partial charge on any atom is -0.354 e. The number of hydrogen-bond acceptors (Lipinski definition) is 4. The highest BCUT2D eigenvalue weighted by Gasteiger charge is 2.33. The fourth-order valence-corrected chi connectivity index (χ4v) is 5.19. The molecule has 3 aromatic rings. The van der Waals surface area contributed by atoms with Crippen molar-refractivity contribution in [3.05, 3.63) is 101 Å². The number of halogens is 1. The third-order valence-electron chi connectivity index (χ3n) is 6.40. The first-order valence-corrected chi connectivity index (χ1v) is 14.7. The Labute approximate surface area is 230 Å². The average Bonchev–Trinajstić information content (AvgIpc) is 2.90. The number of anilines is 1. The molecule has 0 heterocycles. The molecule has 3 aromatic carbocycles. The van der Waals surface area contributed by atoms with Crippen LogP contribution >= 0.6 is 0 Å². The standard InChI is InChI=1S/C30H36FN3O4S/c1-5-17-32-30(36)28(19-24-9-7-6-8-10-24)33(20-25-13-15-26(31)16-14-25)29(35)21-34(39(4,37)38)27-18-22(2)11-12-23(27)3/h6-16,18,28H,5,17,19-21H2,1-4H3,(H,32,36)/t28-/m1/s1. The first-order chi connectivity index (χ1) is 18.5. The first-order valence-electron chi connectivity index (χ1n) is 12.9. The average molecular weight is 554 g/mol. The summed E-state index contributed by atoms with van der Waals surface area (Å²) in [5, 5.41) is 2.89. The number of sulfonamides is 1. The molecule has 0 unspecified atom stereocenters. The van der Waals surface area contributed by atoms with Gasteiger partial charge in [-0.15, -0.1) is 0 Å². The molecule has 0 fully saturated rings. The molecule has 3 rings (SSSR count). The summed E-state index contributed by atoms with van der Waals surface area (Å²) in [4.78, 5) is 28.9. The zero-order valence-electron chi connectivity index (χ0n) is 22.9. The van der Waals surface area contributed by atoms with E-state index in [1.807, 2.05) is 50.2 Å². The molecule has 2 amide bonds. The van der Waals surface area contributed by atoms with Crippen LogP contribution in [0.1, 0.15) is 35.6 Å². The Balaban J connectivity index is 2.06. The minimum absolute atomic E-state index is 0.000556. The van der Waals surface area contributed by atoms with Crippen LogP contribution < -0.4 is 9.62 Å². The molecule has 7 nitrogen and oxygen atoms in total. The van der Waals surface area contributed by atoms with Gasteiger partial charge in [-0.05, 0) is 60.7 Å². The lowest BCUT2D eigenvalue weighted by Crippen LogP contribution is -2.53. The van der Waals surface area contributed by atoms with E-state index in [4.69, 9.17) is 0 Å². The summed E-state index contributed by atoms with van der Waals surface area (Å²) in [5.41, 5.74) is 3.41. The molecule has 1 atom stereocenters. The zero-order chi connectivity index (χ0) is 28.6. The van der Waals surface area contributed by atoms with E-state index in [2.05, 4.69) is 5.32 Å². The van der Waals surface area contributed by atoms with E-state index >= 15 is 0 Å². The highest BCUT2D eigenvalue weighted by atomic mass is 32.2. The number of nitrogens with zero attached hydrogens (tertiary/aromatic N) is 2. The first kappa shape index (κ1) is 29.8. The largest absolute Gasteiger partial charge is 0.354 e. The lowest BCUT2D eigenvalue weighted by Gasteiger charge is -2.34. The van der Waals surface area contributed by atoms with Crippen molar-refractivity contribution < 1.29 is 22.4 Å². The van der Waals surface area contributed by atoms with Crippen LogP contribution in [-0.2, 0) is 32.6 Å². The number of benzene rings is 3. The molecule has 0 spiro atoms. The Morgan fingerprint density at radius 1 is 0.949 bits per heavy atom. The SMILES string of the molecule is CCCNC(=O)[C@@H](Cc1ccccc1)N(Cc1ccc(F)cc1)C(=O)CN(c1cc(C)ccc1C)S(C)(=O)=O. The van der Waals surface area contributed by atoms with Crippen molar-refractivity contribution in [2.45, 2.75) is 46.2 Å². The van der Waals surface area contributed by atoms with Crippen molar-refractivity contribution in [3.8, 4) is 0 Å². The van der Waals surface area contributed by atoms with Crippen molar-refractivity contribution in [2.75, 3.05) is 23.7 Å². The zero-order valence-corrected chi connectivity index (χ0v) is 23.7. The maximum atomic E-state index is 14.0. The van der Waals surface area contributed by atoms with E-state index in [-0.39, 0.29) is 18.9 Å². The Kier molecular flexibility index (Phi) is 10.2. The molecular weight excluding hydrogens is 517 g/mol. The van der Waals surface area contributed by atoms with E-state index < -0.39 is 34.3 Å². The molecule has 0 aliphatic rings. The number of hydrogen-bond donors (Lipinski definition) is 1. The van der Waals surface area contributed by atoms with Crippen LogP contribution in [0.5, 0.6) is 0 Å². The number of carbonyl (C=O) groups is 2. The van der Waals surface area contributed by atoms with E-state index in [1.54, 1.807) is 31.2 Å². The highest BCUT2D eigenvalue weighted by Crippen LogP contribution is 2.25. The van der Waals surface area contributed by atoms with Gasteiger partial charge >= 0.3 is 0 Å². The fourth-order valence-electron chi connectivity index (χ4n) is 4.29. The van der Waals surface area contributed by atoms with Gasteiger partial charge in [0, 0.05) is 19.5 Å². The predicted octanol–water partition coefficient (Wildman–Crippen LogP) is 4.37. The number of rotatable bonds is 12. The Morgan fingerprint density at radius 3 is 2.23 bits per heavy atom. The van der Waals surface area contributed by atoms with Crippen LogP contribution in [0.25, 0.3) is 0 Å². The molecule has 9 heteroatoms. The topological polar surface area (TPSA) is 86.8 Å². The summed E-state index contributed by atoms with van der Waals surface area (Å²) in [5.74, 6) is -1.30. The maximum absolute atomic E-state index is 14.0. The van der Waals surface area contributed by atoms with Gasteiger partial charge in [0.25, 0.3) is 0 Å². The number of aryl methyl sites for hydroxylation is 2. The lowest BCUT2D eigenvalue weighted by atomic mass is 10.0. The van der Waals surface area contributed by atoms with Crippen molar-refractivity contribution in [1.82, 2.24) is 10.2 Å². The van der Waals surface area contributed by atoms with Gasteiger partial charge in [-0.25, -0.2) is 12.8 Å². The molecule has 0 saturated heterocycles. The summed E-state index contributed by atoms with van der Waals surface area (Å²) >= 11 is 0. The van der Waals surface area contributed by atoms with Crippen molar-refractivity contribution in [2.24, 2.45) is 0 Å². The van der Waals surface area contributed by atoms with Crippen LogP contribution in [0.2, 0.25) is 0 Å². The second kappa shape index (κ2) is 13.4. The Hall–Kier alpha value is -3.72. The second-order valence-corrected chi connectivity index (χ2v) is 11.6. The van der Waals surface area contributed by atoms with Gasteiger partial charge < -0.3 is 10.2 Å². The van der Waals surface area contributed by atoms with Crippen LogP contribution in [0.15, 0.2) is 72.8 Å². The van der Waals surface area contributed by atoms with E-state index in [9.17, 15) is 22.4 Å². The summed E-state index contributed by atoms with van der Waals surface area (Å²) < 4.78 is 40.6. The summed E-state index contributed by atoms with van der Waals surface area (Å²) in [6, 6.07) is 19.5. The minimum atomic E-state index is -3.85. The van der Waals surface area contributed by atoms with Crippen molar-refractivity contribution >= 4 is 27.5 Å². The van der Waals surface area contributed by atoms with E-state index in [0.29, 0.717) is 29.8 Å². The van der Waals surface area contributed by atoms with Gasteiger partial charge in [-0.3, -0.25) is 13.9 Å². The third-order valence-corrected chi connectivity index (χ3v) is 7.53.